The Morgan fingerprint density at radius 1 is 1.82 bits per heavy atom. The molecule has 60 valence electrons. The van der Waals surface area contributed by atoms with Gasteiger partial charge in [-0.3, -0.25) is 4.79 Å². The largest absolute Gasteiger partial charge is 0.327 e. The lowest BCUT2D eigenvalue weighted by Gasteiger charge is -2.09. The molecule has 0 fully saturated rings. The van der Waals surface area contributed by atoms with Crippen LogP contribution in [0.1, 0.15) is 13.3 Å². The summed E-state index contributed by atoms with van der Waals surface area (Å²) in [6.07, 6.45) is 6.39. The van der Waals surface area contributed by atoms with Crippen molar-refractivity contribution >= 4 is 17.5 Å². The third-order valence-corrected chi connectivity index (χ3v) is 1.69. The van der Waals surface area contributed by atoms with Gasteiger partial charge in [0.2, 0.25) is 5.91 Å². The SMILES string of the molecule is CC(=O)NC1=CCC(Cl)C=C1. The van der Waals surface area contributed by atoms with Crippen LogP contribution in [0.5, 0.6) is 0 Å². The van der Waals surface area contributed by atoms with Gasteiger partial charge in [-0.15, -0.1) is 11.6 Å². The maximum atomic E-state index is 10.6. The number of halogens is 1. The monoisotopic (exact) mass is 171 g/mol. The van der Waals surface area contributed by atoms with Crippen molar-refractivity contribution in [1.82, 2.24) is 5.32 Å². The fourth-order valence-electron chi connectivity index (χ4n) is 0.890. The smallest absolute Gasteiger partial charge is 0.221 e. The normalized spacial score (nSPS) is 22.7. The number of carbonyl (C=O) groups is 1. The summed E-state index contributed by atoms with van der Waals surface area (Å²) in [5.74, 6) is -0.0473. The van der Waals surface area contributed by atoms with Gasteiger partial charge in [0.1, 0.15) is 0 Å². The quantitative estimate of drug-likeness (QED) is 0.597. The summed E-state index contributed by atoms with van der Waals surface area (Å²) < 4.78 is 0. The van der Waals surface area contributed by atoms with E-state index in [1.54, 1.807) is 0 Å². The Morgan fingerprint density at radius 2 is 2.55 bits per heavy atom. The minimum absolute atomic E-state index is 0.0473. The van der Waals surface area contributed by atoms with Gasteiger partial charge in [0.15, 0.2) is 0 Å². The number of nitrogens with one attached hydrogen (secondary N) is 1. The first-order valence-electron chi connectivity index (χ1n) is 3.48. The van der Waals surface area contributed by atoms with E-state index in [-0.39, 0.29) is 11.3 Å². The van der Waals surface area contributed by atoms with E-state index in [4.69, 9.17) is 11.6 Å². The number of hydrogen-bond donors (Lipinski definition) is 1. The van der Waals surface area contributed by atoms with Crippen LogP contribution in [0.4, 0.5) is 0 Å². The molecule has 1 N–H and O–H groups in total. The lowest BCUT2D eigenvalue weighted by Crippen LogP contribution is -2.19. The average Bonchev–Trinajstić information content (AvgIpc) is 1.93. The molecule has 0 aliphatic heterocycles. The van der Waals surface area contributed by atoms with E-state index in [1.165, 1.54) is 6.92 Å². The minimum Gasteiger partial charge on any atom is -0.327 e. The van der Waals surface area contributed by atoms with Gasteiger partial charge in [0, 0.05) is 12.6 Å². The Hall–Kier alpha value is -0.760. The molecule has 0 heterocycles. The zero-order chi connectivity index (χ0) is 8.27. The summed E-state index contributed by atoms with van der Waals surface area (Å²) in [5, 5.41) is 2.76. The van der Waals surface area contributed by atoms with Crippen LogP contribution in [0.15, 0.2) is 23.9 Å². The zero-order valence-corrected chi connectivity index (χ0v) is 7.06. The lowest BCUT2D eigenvalue weighted by molar-refractivity contribution is -0.118. The number of allylic oxidation sites excluding steroid dienone is 3. The first-order chi connectivity index (χ1) is 5.18. The third kappa shape index (κ3) is 2.76. The second-order valence-corrected chi connectivity index (χ2v) is 3.01. The van der Waals surface area contributed by atoms with E-state index < -0.39 is 0 Å². The third-order valence-electron chi connectivity index (χ3n) is 1.37. The van der Waals surface area contributed by atoms with Gasteiger partial charge in [-0.1, -0.05) is 12.2 Å². The molecule has 1 unspecified atom stereocenters. The molecule has 0 aromatic rings. The van der Waals surface area contributed by atoms with Gasteiger partial charge < -0.3 is 5.32 Å². The van der Waals surface area contributed by atoms with Crippen LogP contribution < -0.4 is 5.32 Å². The fourth-order valence-corrected chi connectivity index (χ4v) is 1.05. The van der Waals surface area contributed by atoms with E-state index in [9.17, 15) is 4.79 Å². The average molecular weight is 172 g/mol. The standard InChI is InChI=1S/C8H10ClNO/c1-6(11)10-8-4-2-7(9)3-5-8/h2,4-5,7H,3H2,1H3,(H,10,11). The molecule has 1 amide bonds. The first kappa shape index (κ1) is 8.34. The first-order valence-corrected chi connectivity index (χ1v) is 3.92. The summed E-state index contributed by atoms with van der Waals surface area (Å²) in [6, 6.07) is 0. The lowest BCUT2D eigenvalue weighted by atomic mass is 10.1. The van der Waals surface area contributed by atoms with Gasteiger partial charge in [-0.25, -0.2) is 0 Å². The fraction of sp³-hybridized carbons (Fsp3) is 0.375. The van der Waals surface area contributed by atoms with Gasteiger partial charge >= 0.3 is 0 Å². The number of alkyl halides is 1. The van der Waals surface area contributed by atoms with E-state index in [0.29, 0.717) is 0 Å². The van der Waals surface area contributed by atoms with Gasteiger partial charge in [0.05, 0.1) is 5.38 Å². The molecule has 1 atom stereocenters. The number of rotatable bonds is 1. The van der Waals surface area contributed by atoms with Crippen molar-refractivity contribution < 1.29 is 4.79 Å². The van der Waals surface area contributed by atoms with Crippen LogP contribution in [0.2, 0.25) is 0 Å². The number of hydrogen-bond acceptors (Lipinski definition) is 1. The maximum Gasteiger partial charge on any atom is 0.221 e. The highest BCUT2D eigenvalue weighted by atomic mass is 35.5. The Morgan fingerprint density at radius 3 is 3.00 bits per heavy atom. The van der Waals surface area contributed by atoms with Gasteiger partial charge in [0.25, 0.3) is 0 Å². The minimum atomic E-state index is -0.0473. The molecule has 1 rings (SSSR count). The van der Waals surface area contributed by atoms with E-state index in [1.807, 2.05) is 18.2 Å². The molecule has 0 spiro atoms. The molecule has 0 aromatic carbocycles. The Kier molecular flexibility index (Phi) is 2.71. The van der Waals surface area contributed by atoms with E-state index in [2.05, 4.69) is 5.32 Å². The number of carbonyl (C=O) groups excluding carboxylic acids is 1. The van der Waals surface area contributed by atoms with Crippen LogP contribution in [-0.4, -0.2) is 11.3 Å². The van der Waals surface area contributed by atoms with Crippen LogP contribution >= 0.6 is 11.6 Å². The summed E-state index contributed by atoms with van der Waals surface area (Å²) in [5.41, 5.74) is 0.842. The maximum absolute atomic E-state index is 10.6. The molecule has 11 heavy (non-hydrogen) atoms. The van der Waals surface area contributed by atoms with Crippen LogP contribution in [0.25, 0.3) is 0 Å². The molecular formula is C8H10ClNO. The molecule has 2 nitrogen and oxygen atoms in total. The van der Waals surface area contributed by atoms with Crippen molar-refractivity contribution in [2.75, 3.05) is 0 Å². The summed E-state index contributed by atoms with van der Waals surface area (Å²) in [6.45, 7) is 1.49. The van der Waals surface area contributed by atoms with Crippen LogP contribution in [0, 0.1) is 0 Å². The summed E-state index contributed by atoms with van der Waals surface area (Å²) >= 11 is 5.77. The van der Waals surface area contributed by atoms with Crippen molar-refractivity contribution in [3.05, 3.63) is 23.9 Å². The molecular weight excluding hydrogens is 162 g/mol. The predicted octanol–water partition coefficient (Wildman–Crippen LogP) is 1.57. The second kappa shape index (κ2) is 3.58. The summed E-state index contributed by atoms with van der Waals surface area (Å²) in [7, 11) is 0. The molecule has 0 saturated heterocycles. The molecule has 0 saturated carbocycles. The topological polar surface area (TPSA) is 29.1 Å². The molecule has 0 bridgehead atoms. The molecule has 1 aliphatic rings. The van der Waals surface area contributed by atoms with Crippen molar-refractivity contribution in [3.8, 4) is 0 Å². The Balaban J connectivity index is 2.50. The van der Waals surface area contributed by atoms with Crippen LogP contribution in [0.3, 0.4) is 0 Å². The second-order valence-electron chi connectivity index (χ2n) is 2.45. The highest BCUT2D eigenvalue weighted by Crippen LogP contribution is 2.12. The number of amides is 1. The van der Waals surface area contributed by atoms with E-state index in [0.717, 1.165) is 12.1 Å². The zero-order valence-electron chi connectivity index (χ0n) is 6.30. The molecule has 1 aliphatic carbocycles. The van der Waals surface area contributed by atoms with E-state index >= 15 is 0 Å². The van der Waals surface area contributed by atoms with Crippen molar-refractivity contribution in [2.45, 2.75) is 18.7 Å². The molecule has 3 heteroatoms. The Bertz CT molecular complexity index is 220. The van der Waals surface area contributed by atoms with Crippen molar-refractivity contribution in [3.63, 3.8) is 0 Å². The molecule has 0 aromatic heterocycles. The van der Waals surface area contributed by atoms with Gasteiger partial charge in [-0.05, 0) is 12.5 Å². The van der Waals surface area contributed by atoms with Gasteiger partial charge in [-0.2, -0.15) is 0 Å². The predicted molar refractivity (Wildman–Crippen MR) is 45.3 cm³/mol. The van der Waals surface area contributed by atoms with Crippen molar-refractivity contribution in [2.24, 2.45) is 0 Å². The molecule has 0 radical (unpaired) electrons. The van der Waals surface area contributed by atoms with Crippen LogP contribution in [-0.2, 0) is 4.79 Å². The highest BCUT2D eigenvalue weighted by molar-refractivity contribution is 6.22. The summed E-state index contributed by atoms with van der Waals surface area (Å²) in [4.78, 5) is 10.6. The highest BCUT2D eigenvalue weighted by Gasteiger charge is 2.04. The van der Waals surface area contributed by atoms with Crippen molar-refractivity contribution in [1.29, 1.82) is 0 Å². The Labute approximate surface area is 70.9 Å².